The molecule has 2 rings (SSSR count). The van der Waals surface area contributed by atoms with Gasteiger partial charge in [-0.25, -0.2) is 4.98 Å². The quantitative estimate of drug-likeness (QED) is 0.409. The molecule has 0 spiro atoms. The number of carbonyl (C=O) groups is 1. The first-order chi connectivity index (χ1) is 13.2. The molecule has 0 saturated heterocycles. The first-order valence-electron chi connectivity index (χ1n) is 10.5. The summed E-state index contributed by atoms with van der Waals surface area (Å²) in [6.07, 6.45) is 15.6. The van der Waals surface area contributed by atoms with E-state index in [1.165, 1.54) is 62.7 Å². The van der Waals surface area contributed by atoms with E-state index >= 15 is 0 Å². The molecule has 2 aromatic rings. The van der Waals surface area contributed by atoms with Crippen molar-refractivity contribution in [3.8, 4) is 5.69 Å². The highest BCUT2D eigenvalue weighted by atomic mass is 16.4. The lowest BCUT2D eigenvalue weighted by atomic mass is 10.0. The molecule has 1 heterocycles. The van der Waals surface area contributed by atoms with Crippen LogP contribution >= 0.6 is 0 Å². The number of carboxylic acids is 1. The minimum Gasteiger partial charge on any atom is -0.481 e. The SMILES string of the molecule is Cc1nc(CCCCCCCCCCCCC(=O)O)cn1-c1ccccc1. The van der Waals surface area contributed by atoms with E-state index in [-0.39, 0.29) is 0 Å². The van der Waals surface area contributed by atoms with Crippen LogP contribution < -0.4 is 0 Å². The van der Waals surface area contributed by atoms with Gasteiger partial charge in [0.15, 0.2) is 0 Å². The summed E-state index contributed by atoms with van der Waals surface area (Å²) >= 11 is 0. The predicted molar refractivity (Wildman–Crippen MR) is 110 cm³/mol. The Morgan fingerprint density at radius 3 is 2.04 bits per heavy atom. The highest BCUT2D eigenvalue weighted by Gasteiger charge is 2.05. The van der Waals surface area contributed by atoms with Gasteiger partial charge in [0.1, 0.15) is 5.82 Å². The number of para-hydroxylation sites is 1. The maximum absolute atomic E-state index is 10.4. The van der Waals surface area contributed by atoms with Crippen LogP contribution in [-0.4, -0.2) is 20.6 Å². The van der Waals surface area contributed by atoms with E-state index < -0.39 is 5.97 Å². The highest BCUT2D eigenvalue weighted by Crippen LogP contribution is 2.15. The van der Waals surface area contributed by atoms with Crippen molar-refractivity contribution in [2.24, 2.45) is 0 Å². The Labute approximate surface area is 163 Å². The molecule has 1 aromatic heterocycles. The number of imidazole rings is 1. The number of rotatable bonds is 14. The molecule has 0 aliphatic heterocycles. The maximum atomic E-state index is 10.4. The van der Waals surface area contributed by atoms with Crippen LogP contribution in [0.3, 0.4) is 0 Å². The van der Waals surface area contributed by atoms with Gasteiger partial charge >= 0.3 is 5.97 Å². The van der Waals surface area contributed by atoms with Crippen LogP contribution in [0.4, 0.5) is 0 Å². The molecule has 1 aromatic carbocycles. The minimum absolute atomic E-state index is 0.323. The van der Waals surface area contributed by atoms with Crippen molar-refractivity contribution in [3.05, 3.63) is 48.0 Å². The van der Waals surface area contributed by atoms with E-state index in [1.807, 2.05) is 6.07 Å². The lowest BCUT2D eigenvalue weighted by Gasteiger charge is -2.03. The van der Waals surface area contributed by atoms with Crippen LogP contribution in [0.15, 0.2) is 36.5 Å². The molecule has 0 aliphatic carbocycles. The van der Waals surface area contributed by atoms with Gasteiger partial charge in [-0.15, -0.1) is 0 Å². The fraction of sp³-hybridized carbons (Fsp3) is 0.565. The second-order valence-corrected chi connectivity index (χ2v) is 7.41. The van der Waals surface area contributed by atoms with Crippen LogP contribution in [0.25, 0.3) is 5.69 Å². The van der Waals surface area contributed by atoms with Gasteiger partial charge in [0.05, 0.1) is 5.69 Å². The van der Waals surface area contributed by atoms with Gasteiger partial charge in [0.2, 0.25) is 0 Å². The zero-order chi connectivity index (χ0) is 19.3. The van der Waals surface area contributed by atoms with E-state index in [9.17, 15) is 4.79 Å². The molecule has 148 valence electrons. The molecule has 0 atom stereocenters. The van der Waals surface area contributed by atoms with Crippen LogP contribution in [0.2, 0.25) is 0 Å². The molecule has 0 bridgehead atoms. The third-order valence-corrected chi connectivity index (χ3v) is 5.04. The van der Waals surface area contributed by atoms with E-state index in [0.29, 0.717) is 6.42 Å². The number of aromatic nitrogens is 2. The van der Waals surface area contributed by atoms with Crippen molar-refractivity contribution < 1.29 is 9.90 Å². The molecule has 0 aliphatic rings. The topological polar surface area (TPSA) is 55.1 Å². The molecule has 0 saturated carbocycles. The van der Waals surface area contributed by atoms with E-state index in [0.717, 1.165) is 25.1 Å². The number of aryl methyl sites for hydroxylation is 2. The van der Waals surface area contributed by atoms with Crippen LogP contribution in [0, 0.1) is 6.92 Å². The monoisotopic (exact) mass is 370 g/mol. The summed E-state index contributed by atoms with van der Waals surface area (Å²) < 4.78 is 2.17. The van der Waals surface area contributed by atoms with Gasteiger partial charge < -0.3 is 9.67 Å². The largest absolute Gasteiger partial charge is 0.481 e. The lowest BCUT2D eigenvalue weighted by molar-refractivity contribution is -0.137. The van der Waals surface area contributed by atoms with E-state index in [4.69, 9.17) is 10.1 Å². The van der Waals surface area contributed by atoms with Crippen molar-refractivity contribution in [2.45, 2.75) is 84.0 Å². The van der Waals surface area contributed by atoms with Crippen molar-refractivity contribution in [3.63, 3.8) is 0 Å². The van der Waals surface area contributed by atoms with Gasteiger partial charge in [0, 0.05) is 18.3 Å². The summed E-state index contributed by atoms with van der Waals surface area (Å²) in [5.41, 5.74) is 2.37. The average Bonchev–Trinajstić information content (AvgIpc) is 3.03. The fourth-order valence-corrected chi connectivity index (χ4v) is 3.50. The zero-order valence-electron chi connectivity index (χ0n) is 16.7. The van der Waals surface area contributed by atoms with Crippen LogP contribution in [-0.2, 0) is 11.2 Å². The Hall–Kier alpha value is -2.10. The number of hydrogen-bond donors (Lipinski definition) is 1. The molecule has 1 N–H and O–H groups in total. The van der Waals surface area contributed by atoms with Crippen molar-refractivity contribution in [1.29, 1.82) is 0 Å². The molecule has 0 amide bonds. The summed E-state index contributed by atoms with van der Waals surface area (Å²) in [7, 11) is 0. The van der Waals surface area contributed by atoms with E-state index in [1.54, 1.807) is 0 Å². The van der Waals surface area contributed by atoms with Gasteiger partial charge in [-0.2, -0.15) is 0 Å². The number of nitrogens with zero attached hydrogens (tertiary/aromatic N) is 2. The third kappa shape index (κ3) is 8.42. The molecule has 4 nitrogen and oxygen atoms in total. The van der Waals surface area contributed by atoms with Gasteiger partial charge in [-0.05, 0) is 38.3 Å². The molecular weight excluding hydrogens is 336 g/mol. The number of unbranched alkanes of at least 4 members (excludes halogenated alkanes) is 9. The van der Waals surface area contributed by atoms with Crippen molar-refractivity contribution in [2.75, 3.05) is 0 Å². The average molecular weight is 371 g/mol. The smallest absolute Gasteiger partial charge is 0.303 e. The number of benzene rings is 1. The third-order valence-electron chi connectivity index (χ3n) is 5.04. The first kappa shape index (κ1) is 21.2. The Morgan fingerprint density at radius 2 is 1.44 bits per heavy atom. The van der Waals surface area contributed by atoms with Crippen molar-refractivity contribution >= 4 is 5.97 Å². The fourth-order valence-electron chi connectivity index (χ4n) is 3.50. The summed E-state index contributed by atoms with van der Waals surface area (Å²) in [5, 5.41) is 8.59. The Kier molecular flexibility index (Phi) is 9.67. The van der Waals surface area contributed by atoms with Gasteiger partial charge in [0.25, 0.3) is 0 Å². The molecule has 0 fully saturated rings. The first-order valence-corrected chi connectivity index (χ1v) is 10.5. The normalized spacial score (nSPS) is 11.0. The van der Waals surface area contributed by atoms with E-state index in [2.05, 4.69) is 42.0 Å². The predicted octanol–water partition coefficient (Wildman–Crippen LogP) is 6.10. The van der Waals surface area contributed by atoms with Crippen LogP contribution in [0.1, 0.15) is 82.1 Å². The summed E-state index contributed by atoms with van der Waals surface area (Å²) in [6, 6.07) is 10.4. The minimum atomic E-state index is -0.669. The lowest BCUT2D eigenvalue weighted by Crippen LogP contribution is -1.93. The van der Waals surface area contributed by atoms with Crippen molar-refractivity contribution in [1.82, 2.24) is 9.55 Å². The molecule has 4 heteroatoms. The molecule has 0 unspecified atom stereocenters. The number of hydrogen-bond acceptors (Lipinski definition) is 2. The summed E-state index contributed by atoms with van der Waals surface area (Å²) in [6.45, 7) is 2.07. The van der Waals surface area contributed by atoms with Gasteiger partial charge in [-0.1, -0.05) is 69.6 Å². The van der Waals surface area contributed by atoms with Crippen LogP contribution in [0.5, 0.6) is 0 Å². The Bertz CT molecular complexity index is 664. The molecule has 27 heavy (non-hydrogen) atoms. The zero-order valence-corrected chi connectivity index (χ0v) is 16.7. The second kappa shape index (κ2) is 12.3. The summed E-state index contributed by atoms with van der Waals surface area (Å²) in [5.74, 6) is 0.386. The second-order valence-electron chi connectivity index (χ2n) is 7.41. The number of carboxylic acid groups (broad SMARTS) is 1. The molecule has 0 radical (unpaired) electrons. The highest BCUT2D eigenvalue weighted by molar-refractivity contribution is 5.66. The molecular formula is C23H34N2O2. The maximum Gasteiger partial charge on any atom is 0.303 e. The Balaban J connectivity index is 1.50. The van der Waals surface area contributed by atoms with Gasteiger partial charge in [-0.3, -0.25) is 4.79 Å². The number of aliphatic carboxylic acids is 1. The standard InChI is InChI=1S/C23H34N2O2/c1-20-24-21(19-25(20)22-16-12-10-13-17-22)15-11-8-6-4-2-3-5-7-9-14-18-23(26)27/h10,12-13,16-17,19H,2-9,11,14-15,18H2,1H3,(H,26,27). The Morgan fingerprint density at radius 1 is 0.889 bits per heavy atom. The summed E-state index contributed by atoms with van der Waals surface area (Å²) in [4.78, 5) is 15.1.